The quantitative estimate of drug-likeness (QED) is 0.456. The molecule has 0 saturated carbocycles. The van der Waals surface area contributed by atoms with Crippen LogP contribution in [0, 0.1) is 15.9 Å². The topological polar surface area (TPSA) is 86.5 Å². The van der Waals surface area contributed by atoms with Gasteiger partial charge in [0.25, 0.3) is 0 Å². The minimum absolute atomic E-state index is 0.0912. The summed E-state index contributed by atoms with van der Waals surface area (Å²) in [5.74, 6) is -1.66. The Morgan fingerprint density at radius 2 is 2.11 bits per heavy atom. The monoisotopic (exact) mass is 361 g/mol. The van der Waals surface area contributed by atoms with Crippen molar-refractivity contribution in [1.82, 2.24) is 0 Å². The molecule has 0 aromatic heterocycles. The van der Waals surface area contributed by atoms with Crippen molar-refractivity contribution in [3.63, 3.8) is 0 Å². The molecule has 0 spiro atoms. The van der Waals surface area contributed by atoms with Crippen molar-refractivity contribution in [1.29, 1.82) is 0 Å². The van der Waals surface area contributed by atoms with Gasteiger partial charge in [-0.25, -0.2) is 12.8 Å². The van der Waals surface area contributed by atoms with E-state index in [9.17, 15) is 22.9 Å². The molecule has 1 aromatic rings. The zero-order chi connectivity index (χ0) is 13.9. The standard InChI is InChI=1S/C8H6BrClFNO5S/c9-5-3-7(12(13)14)8(4-6(5)11)17-1-2-18(10,15)16/h3-4H,1-2H2. The van der Waals surface area contributed by atoms with E-state index in [4.69, 9.17) is 15.4 Å². The van der Waals surface area contributed by atoms with Crippen molar-refractivity contribution in [3.05, 3.63) is 32.5 Å². The molecule has 0 saturated heterocycles. The first-order chi connectivity index (χ1) is 8.20. The Morgan fingerprint density at radius 3 is 2.61 bits per heavy atom. The van der Waals surface area contributed by atoms with E-state index in [2.05, 4.69) is 15.9 Å². The summed E-state index contributed by atoms with van der Waals surface area (Å²) in [4.78, 5) is 9.91. The maximum Gasteiger partial charge on any atom is 0.312 e. The molecule has 0 aliphatic carbocycles. The molecule has 1 aromatic carbocycles. The second kappa shape index (κ2) is 5.81. The Balaban J connectivity index is 2.94. The predicted molar refractivity (Wildman–Crippen MR) is 65.9 cm³/mol. The van der Waals surface area contributed by atoms with Crippen LogP contribution in [0.3, 0.4) is 0 Å². The van der Waals surface area contributed by atoms with Gasteiger partial charge in [0.2, 0.25) is 9.05 Å². The Hall–Kier alpha value is -0.930. The largest absolute Gasteiger partial charge is 0.486 e. The van der Waals surface area contributed by atoms with Gasteiger partial charge in [-0.1, -0.05) is 0 Å². The molecule has 1 rings (SSSR count). The lowest BCUT2D eigenvalue weighted by Crippen LogP contribution is -2.10. The van der Waals surface area contributed by atoms with Crippen LogP contribution in [-0.4, -0.2) is 25.7 Å². The lowest BCUT2D eigenvalue weighted by atomic mass is 10.3. The van der Waals surface area contributed by atoms with Crippen molar-refractivity contribution >= 4 is 41.4 Å². The van der Waals surface area contributed by atoms with Crippen molar-refractivity contribution in [2.45, 2.75) is 0 Å². The molecule has 0 amide bonds. The zero-order valence-corrected chi connectivity index (χ0v) is 11.8. The molecular formula is C8H6BrClFNO5S. The highest BCUT2D eigenvalue weighted by atomic mass is 79.9. The van der Waals surface area contributed by atoms with Gasteiger partial charge in [-0.3, -0.25) is 10.1 Å². The maximum atomic E-state index is 13.2. The first kappa shape index (κ1) is 15.1. The zero-order valence-electron chi connectivity index (χ0n) is 8.60. The van der Waals surface area contributed by atoms with Gasteiger partial charge in [-0.05, 0) is 15.9 Å². The molecule has 0 heterocycles. The van der Waals surface area contributed by atoms with Crippen LogP contribution in [0.2, 0.25) is 0 Å². The summed E-state index contributed by atoms with van der Waals surface area (Å²) in [6.45, 7) is -0.409. The van der Waals surface area contributed by atoms with Crippen LogP contribution in [-0.2, 0) is 9.05 Å². The fraction of sp³-hybridized carbons (Fsp3) is 0.250. The summed E-state index contributed by atoms with van der Waals surface area (Å²) in [5, 5.41) is 10.7. The number of nitrogens with zero attached hydrogens (tertiary/aromatic N) is 1. The van der Waals surface area contributed by atoms with E-state index in [-0.39, 0.29) is 10.2 Å². The second-order valence-corrected chi connectivity index (χ2v) is 6.83. The first-order valence-electron chi connectivity index (χ1n) is 4.39. The van der Waals surface area contributed by atoms with E-state index in [1.807, 2.05) is 0 Å². The van der Waals surface area contributed by atoms with Gasteiger partial charge in [0.1, 0.15) is 12.4 Å². The molecule has 0 N–H and O–H groups in total. The number of hydrogen-bond donors (Lipinski definition) is 0. The van der Waals surface area contributed by atoms with E-state index >= 15 is 0 Å². The molecule has 6 nitrogen and oxygen atoms in total. The number of hydrogen-bond acceptors (Lipinski definition) is 5. The number of rotatable bonds is 5. The Bertz CT molecular complexity index is 579. The van der Waals surface area contributed by atoms with Crippen LogP contribution < -0.4 is 4.74 Å². The van der Waals surface area contributed by atoms with Gasteiger partial charge in [-0.15, -0.1) is 0 Å². The molecular weight excluding hydrogens is 357 g/mol. The Labute approximate surface area is 114 Å². The first-order valence-corrected chi connectivity index (χ1v) is 7.66. The van der Waals surface area contributed by atoms with Crippen LogP contribution in [0.1, 0.15) is 0 Å². The second-order valence-electron chi connectivity index (χ2n) is 3.08. The molecule has 0 unspecified atom stereocenters. The minimum Gasteiger partial charge on any atom is -0.486 e. The smallest absolute Gasteiger partial charge is 0.312 e. The summed E-state index contributed by atoms with van der Waals surface area (Å²) in [6, 6.07) is 1.73. The lowest BCUT2D eigenvalue weighted by Gasteiger charge is -2.06. The van der Waals surface area contributed by atoms with Crippen LogP contribution in [0.5, 0.6) is 5.75 Å². The van der Waals surface area contributed by atoms with Crippen LogP contribution >= 0.6 is 26.6 Å². The van der Waals surface area contributed by atoms with E-state index in [1.54, 1.807) is 0 Å². The van der Waals surface area contributed by atoms with Crippen molar-refractivity contribution in [3.8, 4) is 5.75 Å². The van der Waals surface area contributed by atoms with Gasteiger partial charge < -0.3 is 4.74 Å². The number of nitro groups is 1. The SMILES string of the molecule is O=[N+]([O-])c1cc(Br)c(F)cc1OCCS(=O)(=O)Cl. The Morgan fingerprint density at radius 1 is 1.50 bits per heavy atom. The third-order valence-electron chi connectivity index (χ3n) is 1.78. The summed E-state index contributed by atoms with van der Waals surface area (Å²) < 4.78 is 39.2. The molecule has 100 valence electrons. The predicted octanol–water partition coefficient (Wildman–Crippen LogP) is 2.44. The number of halogens is 3. The van der Waals surface area contributed by atoms with Gasteiger partial charge in [0.05, 0.1) is 15.1 Å². The van der Waals surface area contributed by atoms with Gasteiger partial charge in [0.15, 0.2) is 5.75 Å². The molecule has 0 atom stereocenters. The fourth-order valence-electron chi connectivity index (χ4n) is 1.03. The molecule has 0 aliphatic heterocycles. The highest BCUT2D eigenvalue weighted by Crippen LogP contribution is 2.32. The van der Waals surface area contributed by atoms with Gasteiger partial charge >= 0.3 is 5.69 Å². The lowest BCUT2D eigenvalue weighted by molar-refractivity contribution is -0.386. The molecule has 0 fully saturated rings. The van der Waals surface area contributed by atoms with Crippen LogP contribution in [0.15, 0.2) is 16.6 Å². The van der Waals surface area contributed by atoms with E-state index in [1.165, 1.54) is 0 Å². The van der Waals surface area contributed by atoms with Crippen LogP contribution in [0.25, 0.3) is 0 Å². The molecule has 0 radical (unpaired) electrons. The highest BCUT2D eigenvalue weighted by molar-refractivity contribution is 9.10. The van der Waals surface area contributed by atoms with Crippen LogP contribution in [0.4, 0.5) is 10.1 Å². The number of ether oxygens (including phenoxy) is 1. The fourth-order valence-corrected chi connectivity index (χ4v) is 1.83. The number of nitro benzene ring substituents is 1. The van der Waals surface area contributed by atoms with Crippen molar-refractivity contribution < 1.29 is 22.5 Å². The molecule has 0 aliphatic rings. The van der Waals surface area contributed by atoms with E-state index in [0.717, 1.165) is 12.1 Å². The highest BCUT2D eigenvalue weighted by Gasteiger charge is 2.19. The van der Waals surface area contributed by atoms with Gasteiger partial charge in [-0.2, -0.15) is 0 Å². The normalized spacial score (nSPS) is 11.3. The van der Waals surface area contributed by atoms with Crippen molar-refractivity contribution in [2.24, 2.45) is 0 Å². The Kier molecular flexibility index (Phi) is 4.88. The summed E-state index contributed by atoms with van der Waals surface area (Å²) in [6.07, 6.45) is 0. The molecule has 10 heteroatoms. The van der Waals surface area contributed by atoms with E-state index < -0.39 is 37.8 Å². The average Bonchev–Trinajstić information content (AvgIpc) is 2.20. The number of benzene rings is 1. The summed E-state index contributed by atoms with van der Waals surface area (Å²) in [7, 11) is 1.16. The third-order valence-corrected chi connectivity index (χ3v) is 3.51. The maximum absolute atomic E-state index is 13.2. The van der Waals surface area contributed by atoms with Crippen molar-refractivity contribution in [2.75, 3.05) is 12.4 Å². The third kappa shape index (κ3) is 4.39. The van der Waals surface area contributed by atoms with E-state index in [0.29, 0.717) is 0 Å². The molecule has 18 heavy (non-hydrogen) atoms. The minimum atomic E-state index is -3.77. The van der Waals surface area contributed by atoms with Gasteiger partial charge in [0, 0.05) is 22.8 Å². The molecule has 0 bridgehead atoms. The summed E-state index contributed by atoms with van der Waals surface area (Å²) >= 11 is 2.80. The summed E-state index contributed by atoms with van der Waals surface area (Å²) in [5.41, 5.74) is -0.477. The average molecular weight is 363 g/mol.